The van der Waals surface area contributed by atoms with Crippen LogP contribution in [0.15, 0.2) is 18.6 Å². The second kappa shape index (κ2) is 4.76. The second-order valence-electron chi connectivity index (χ2n) is 3.72. The van der Waals surface area contributed by atoms with Crippen LogP contribution in [0.1, 0.15) is 28.7 Å². The number of nitrogens with two attached hydrogens (primary N) is 1. The molecule has 0 aliphatic heterocycles. The highest BCUT2D eigenvalue weighted by Crippen LogP contribution is 2.21. The molecule has 4 nitrogen and oxygen atoms in total. The highest BCUT2D eigenvalue weighted by molar-refractivity contribution is 7.11. The fourth-order valence-electron chi connectivity index (χ4n) is 1.66. The lowest BCUT2D eigenvalue weighted by Gasteiger charge is -2.09. The van der Waals surface area contributed by atoms with Crippen molar-refractivity contribution in [3.8, 4) is 0 Å². The van der Waals surface area contributed by atoms with Crippen molar-refractivity contribution in [2.24, 2.45) is 5.73 Å². The summed E-state index contributed by atoms with van der Waals surface area (Å²) in [5.74, 6) is 1.04. The minimum absolute atomic E-state index is 0.00102. The van der Waals surface area contributed by atoms with E-state index in [4.69, 9.17) is 5.73 Å². The van der Waals surface area contributed by atoms with Gasteiger partial charge in [0.15, 0.2) is 0 Å². The zero-order valence-corrected chi connectivity index (χ0v) is 10.4. The fourth-order valence-corrected chi connectivity index (χ4v) is 2.45. The van der Waals surface area contributed by atoms with Crippen molar-refractivity contribution in [2.45, 2.75) is 32.9 Å². The molecule has 0 aliphatic rings. The number of imidazole rings is 1. The van der Waals surface area contributed by atoms with Crippen LogP contribution in [0.4, 0.5) is 0 Å². The number of nitrogens with zero attached hydrogens (tertiary/aromatic N) is 3. The Hall–Kier alpha value is -1.20. The summed E-state index contributed by atoms with van der Waals surface area (Å²) in [6.07, 6.45) is 6.44. The van der Waals surface area contributed by atoms with E-state index < -0.39 is 0 Å². The van der Waals surface area contributed by atoms with Gasteiger partial charge in [-0.2, -0.15) is 0 Å². The van der Waals surface area contributed by atoms with Gasteiger partial charge in [0.2, 0.25) is 0 Å². The number of thiazole rings is 1. The Morgan fingerprint density at radius 2 is 2.31 bits per heavy atom. The van der Waals surface area contributed by atoms with Gasteiger partial charge in [-0.1, -0.05) is 0 Å². The largest absolute Gasteiger partial charge is 0.335 e. The summed E-state index contributed by atoms with van der Waals surface area (Å²) < 4.78 is 2.12. The van der Waals surface area contributed by atoms with Gasteiger partial charge in [0.25, 0.3) is 0 Å². The molecule has 0 aromatic carbocycles. The third kappa shape index (κ3) is 2.31. The molecule has 0 amide bonds. The highest BCUT2D eigenvalue weighted by Gasteiger charge is 2.12. The van der Waals surface area contributed by atoms with Gasteiger partial charge in [0.05, 0.1) is 5.01 Å². The van der Waals surface area contributed by atoms with Gasteiger partial charge in [0.1, 0.15) is 5.82 Å². The first-order valence-electron chi connectivity index (χ1n) is 5.38. The Morgan fingerprint density at radius 1 is 1.50 bits per heavy atom. The van der Waals surface area contributed by atoms with Gasteiger partial charge in [-0.05, 0) is 13.8 Å². The first-order valence-corrected chi connectivity index (χ1v) is 6.20. The molecule has 2 aromatic heterocycles. The van der Waals surface area contributed by atoms with Crippen LogP contribution in [0.25, 0.3) is 0 Å². The van der Waals surface area contributed by atoms with Gasteiger partial charge in [0, 0.05) is 42.5 Å². The van der Waals surface area contributed by atoms with Crippen molar-refractivity contribution in [3.63, 3.8) is 0 Å². The summed E-state index contributed by atoms with van der Waals surface area (Å²) in [6, 6.07) is -0.00102. The van der Waals surface area contributed by atoms with E-state index >= 15 is 0 Å². The third-order valence-corrected chi connectivity index (χ3v) is 3.59. The number of rotatable bonds is 4. The Balaban J connectivity index is 2.10. The maximum Gasteiger partial charge on any atom is 0.110 e. The molecule has 5 heteroatoms. The first kappa shape index (κ1) is 11.3. The average Bonchev–Trinajstić information content (AvgIpc) is 2.86. The molecule has 0 aliphatic carbocycles. The average molecular weight is 236 g/mol. The van der Waals surface area contributed by atoms with Gasteiger partial charge in [-0.15, -0.1) is 11.3 Å². The number of aryl methyl sites for hydroxylation is 2. The predicted molar refractivity (Wildman–Crippen MR) is 65.4 cm³/mol. The van der Waals surface area contributed by atoms with E-state index in [1.807, 2.05) is 25.5 Å². The predicted octanol–water partition coefficient (Wildman–Crippen LogP) is 1.91. The number of aromatic nitrogens is 3. The van der Waals surface area contributed by atoms with Gasteiger partial charge in [-0.3, -0.25) is 0 Å². The molecule has 2 rings (SSSR count). The van der Waals surface area contributed by atoms with Gasteiger partial charge >= 0.3 is 0 Å². The highest BCUT2D eigenvalue weighted by atomic mass is 32.1. The number of hydrogen-bond donors (Lipinski definition) is 1. The molecule has 1 atom stereocenters. The van der Waals surface area contributed by atoms with Crippen LogP contribution in [0.3, 0.4) is 0 Å². The van der Waals surface area contributed by atoms with Crippen LogP contribution in [-0.2, 0) is 13.0 Å². The Morgan fingerprint density at radius 3 is 2.94 bits per heavy atom. The van der Waals surface area contributed by atoms with Crippen molar-refractivity contribution in [1.82, 2.24) is 14.5 Å². The lowest BCUT2D eigenvalue weighted by molar-refractivity contribution is 0.633. The molecule has 0 saturated heterocycles. The Kier molecular flexibility index (Phi) is 3.36. The van der Waals surface area contributed by atoms with Crippen LogP contribution in [0, 0.1) is 6.92 Å². The van der Waals surface area contributed by atoms with Gasteiger partial charge in [-0.25, -0.2) is 9.97 Å². The normalized spacial score (nSPS) is 12.9. The summed E-state index contributed by atoms with van der Waals surface area (Å²) in [7, 11) is 0. The Bertz CT molecular complexity index is 460. The van der Waals surface area contributed by atoms with Crippen molar-refractivity contribution in [1.29, 1.82) is 0 Å². The summed E-state index contributed by atoms with van der Waals surface area (Å²) in [4.78, 5) is 9.68. The van der Waals surface area contributed by atoms with Crippen molar-refractivity contribution >= 4 is 11.3 Å². The summed E-state index contributed by atoms with van der Waals surface area (Å²) >= 11 is 1.66. The minimum atomic E-state index is -0.00102. The lowest BCUT2D eigenvalue weighted by Crippen LogP contribution is -2.15. The molecular formula is C11H16N4S. The summed E-state index contributed by atoms with van der Waals surface area (Å²) in [6.45, 7) is 5.03. The monoisotopic (exact) mass is 236 g/mol. The van der Waals surface area contributed by atoms with E-state index in [1.165, 1.54) is 0 Å². The van der Waals surface area contributed by atoms with E-state index in [9.17, 15) is 0 Å². The minimum Gasteiger partial charge on any atom is -0.335 e. The zero-order valence-electron chi connectivity index (χ0n) is 9.55. The van der Waals surface area contributed by atoms with E-state index in [2.05, 4.69) is 21.5 Å². The lowest BCUT2D eigenvalue weighted by atomic mass is 10.2. The molecular weight excluding hydrogens is 220 g/mol. The molecule has 16 heavy (non-hydrogen) atoms. The van der Waals surface area contributed by atoms with E-state index in [1.54, 1.807) is 11.3 Å². The van der Waals surface area contributed by atoms with Crippen molar-refractivity contribution < 1.29 is 0 Å². The molecule has 1 unspecified atom stereocenters. The van der Waals surface area contributed by atoms with Crippen LogP contribution in [-0.4, -0.2) is 14.5 Å². The zero-order chi connectivity index (χ0) is 11.5. The maximum absolute atomic E-state index is 6.14. The molecule has 2 aromatic rings. The topological polar surface area (TPSA) is 56.7 Å². The van der Waals surface area contributed by atoms with Crippen LogP contribution in [0.5, 0.6) is 0 Å². The molecule has 2 heterocycles. The third-order valence-electron chi connectivity index (χ3n) is 2.55. The molecule has 0 bridgehead atoms. The number of hydrogen-bond acceptors (Lipinski definition) is 4. The molecule has 0 spiro atoms. The Labute approximate surface area is 99.2 Å². The van der Waals surface area contributed by atoms with Crippen molar-refractivity contribution in [2.75, 3.05) is 0 Å². The molecule has 0 radical (unpaired) electrons. The smallest absolute Gasteiger partial charge is 0.110 e. The standard InChI is InChI=1S/C11H16N4S/c1-3-15-5-4-13-11(15)6-9(12)10-7-14-8(2)16-10/h4-5,7,9H,3,6,12H2,1-2H3. The van der Waals surface area contributed by atoms with E-state index in [0.29, 0.717) is 0 Å². The second-order valence-corrected chi connectivity index (χ2v) is 4.99. The van der Waals surface area contributed by atoms with Crippen LogP contribution >= 0.6 is 11.3 Å². The SMILES string of the molecule is CCn1ccnc1CC(N)c1cnc(C)s1. The summed E-state index contributed by atoms with van der Waals surface area (Å²) in [5.41, 5.74) is 6.14. The van der Waals surface area contributed by atoms with Crippen LogP contribution in [0.2, 0.25) is 0 Å². The summed E-state index contributed by atoms with van der Waals surface area (Å²) in [5, 5.41) is 1.06. The molecule has 86 valence electrons. The van der Waals surface area contributed by atoms with Gasteiger partial charge < -0.3 is 10.3 Å². The van der Waals surface area contributed by atoms with Crippen molar-refractivity contribution in [3.05, 3.63) is 34.3 Å². The maximum atomic E-state index is 6.14. The molecule has 0 saturated carbocycles. The molecule has 0 fully saturated rings. The first-order chi connectivity index (χ1) is 7.70. The van der Waals surface area contributed by atoms with Crippen LogP contribution < -0.4 is 5.73 Å². The molecule has 2 N–H and O–H groups in total. The fraction of sp³-hybridized carbons (Fsp3) is 0.455. The van der Waals surface area contributed by atoms with E-state index in [0.717, 1.165) is 28.7 Å². The van der Waals surface area contributed by atoms with E-state index in [-0.39, 0.29) is 6.04 Å². The quantitative estimate of drug-likeness (QED) is 0.882.